The number of hydrogen-bond acceptors (Lipinski definition) is 6. The van der Waals surface area contributed by atoms with Gasteiger partial charge in [-0.2, -0.15) is 9.78 Å². The highest BCUT2D eigenvalue weighted by Gasteiger charge is 2.16. The third kappa shape index (κ3) is 4.92. The second-order valence-electron chi connectivity index (χ2n) is 6.68. The smallest absolute Gasteiger partial charge is 0.221 e. The van der Waals surface area contributed by atoms with Gasteiger partial charge in [0.1, 0.15) is 12.4 Å². The zero-order valence-electron chi connectivity index (χ0n) is 15.8. The number of benzene rings is 1. The molecule has 0 radical (unpaired) electrons. The van der Waals surface area contributed by atoms with Crippen molar-refractivity contribution in [3.05, 3.63) is 71.3 Å². The summed E-state index contributed by atoms with van der Waals surface area (Å²) in [7, 11) is 3.97. The van der Waals surface area contributed by atoms with E-state index in [-0.39, 0.29) is 12.4 Å². The molecule has 0 atom stereocenters. The lowest BCUT2D eigenvalue weighted by atomic mass is 10.2. The van der Waals surface area contributed by atoms with Gasteiger partial charge < -0.3 is 19.8 Å². The first kappa shape index (κ1) is 19.9. The Morgan fingerprint density at radius 1 is 1.18 bits per heavy atom. The standard InChI is InChI=1S/C20H23FN4O3/c1-24(2)10-8-16-12-23-25(18-11-15(20(26)27)7-9-22-18)19(16)28-13-14-3-5-17(21)6-4-14/h3-7,9,11-12,20,26-27H,8,10,13H2,1-2H3. The predicted octanol–water partition coefficient (Wildman–Crippen LogP) is 2.07. The average Bonchev–Trinajstić information content (AvgIpc) is 3.09. The molecule has 0 bridgehead atoms. The molecule has 3 aromatic rings. The minimum Gasteiger partial charge on any atom is -0.472 e. The number of ether oxygens (including phenoxy) is 1. The lowest BCUT2D eigenvalue weighted by Gasteiger charge is -2.13. The Balaban J connectivity index is 1.90. The molecule has 0 spiro atoms. The van der Waals surface area contributed by atoms with Gasteiger partial charge in [0.2, 0.25) is 5.88 Å². The number of nitrogens with zero attached hydrogens (tertiary/aromatic N) is 4. The largest absolute Gasteiger partial charge is 0.472 e. The van der Waals surface area contributed by atoms with Crippen LogP contribution in [0.3, 0.4) is 0 Å². The number of aromatic nitrogens is 3. The molecule has 0 aliphatic heterocycles. The van der Waals surface area contributed by atoms with Crippen LogP contribution in [0, 0.1) is 5.82 Å². The van der Waals surface area contributed by atoms with E-state index in [2.05, 4.69) is 15.0 Å². The molecule has 148 valence electrons. The number of pyridine rings is 1. The van der Waals surface area contributed by atoms with Crippen molar-refractivity contribution in [2.24, 2.45) is 0 Å². The summed E-state index contributed by atoms with van der Waals surface area (Å²) in [6.45, 7) is 1.05. The molecule has 0 unspecified atom stereocenters. The summed E-state index contributed by atoms with van der Waals surface area (Å²) in [6.07, 6.45) is 2.31. The normalized spacial score (nSPS) is 11.4. The molecule has 0 amide bonds. The van der Waals surface area contributed by atoms with Gasteiger partial charge in [-0.05, 0) is 50.3 Å². The van der Waals surface area contributed by atoms with Crippen LogP contribution in [-0.4, -0.2) is 50.5 Å². The number of likely N-dealkylation sites (N-methyl/N-ethyl adjacent to an activating group) is 1. The van der Waals surface area contributed by atoms with Gasteiger partial charge in [-0.1, -0.05) is 12.1 Å². The second kappa shape index (κ2) is 8.92. The summed E-state index contributed by atoms with van der Waals surface area (Å²) in [6, 6.07) is 9.15. The Morgan fingerprint density at radius 2 is 1.93 bits per heavy atom. The van der Waals surface area contributed by atoms with E-state index in [9.17, 15) is 14.6 Å². The number of aliphatic hydroxyl groups is 2. The van der Waals surface area contributed by atoms with Crippen LogP contribution in [0.5, 0.6) is 5.88 Å². The van der Waals surface area contributed by atoms with Gasteiger partial charge in [0.15, 0.2) is 12.1 Å². The first-order chi connectivity index (χ1) is 13.4. The summed E-state index contributed by atoms with van der Waals surface area (Å²) in [5, 5.41) is 23.2. The monoisotopic (exact) mass is 386 g/mol. The van der Waals surface area contributed by atoms with Crippen LogP contribution in [0.15, 0.2) is 48.8 Å². The van der Waals surface area contributed by atoms with Crippen LogP contribution >= 0.6 is 0 Å². The van der Waals surface area contributed by atoms with Crippen molar-refractivity contribution in [2.45, 2.75) is 19.3 Å². The van der Waals surface area contributed by atoms with Gasteiger partial charge >= 0.3 is 0 Å². The van der Waals surface area contributed by atoms with Crippen molar-refractivity contribution in [1.82, 2.24) is 19.7 Å². The number of hydrogen-bond donors (Lipinski definition) is 2. The van der Waals surface area contributed by atoms with Crippen LogP contribution in [0.1, 0.15) is 23.0 Å². The Bertz CT molecular complexity index is 910. The number of rotatable bonds is 8. The molecule has 8 heteroatoms. The highest BCUT2D eigenvalue weighted by atomic mass is 19.1. The molecule has 2 heterocycles. The van der Waals surface area contributed by atoms with Gasteiger partial charge in [0.05, 0.1) is 6.20 Å². The zero-order valence-corrected chi connectivity index (χ0v) is 15.8. The summed E-state index contributed by atoms with van der Waals surface area (Å²) < 4.78 is 20.7. The minimum absolute atomic E-state index is 0.239. The number of halogens is 1. The van der Waals surface area contributed by atoms with Crippen molar-refractivity contribution in [2.75, 3.05) is 20.6 Å². The van der Waals surface area contributed by atoms with E-state index in [4.69, 9.17) is 4.74 Å². The molecule has 0 saturated heterocycles. The summed E-state index contributed by atoms with van der Waals surface area (Å²) in [4.78, 5) is 6.32. The van der Waals surface area contributed by atoms with Crippen molar-refractivity contribution in [1.29, 1.82) is 0 Å². The maximum absolute atomic E-state index is 13.1. The van der Waals surface area contributed by atoms with E-state index in [1.54, 1.807) is 18.3 Å². The van der Waals surface area contributed by atoms with Gasteiger partial charge in [-0.3, -0.25) is 0 Å². The molecule has 0 fully saturated rings. The molecule has 2 N–H and O–H groups in total. The van der Waals surface area contributed by atoms with Gasteiger partial charge in [-0.25, -0.2) is 9.37 Å². The predicted molar refractivity (Wildman–Crippen MR) is 102 cm³/mol. The molecule has 3 rings (SSSR count). The van der Waals surface area contributed by atoms with Crippen LogP contribution in [-0.2, 0) is 13.0 Å². The number of aliphatic hydroxyl groups excluding tert-OH is 1. The average molecular weight is 386 g/mol. The van der Waals surface area contributed by atoms with E-state index in [1.165, 1.54) is 35.1 Å². The lowest BCUT2D eigenvalue weighted by molar-refractivity contribution is -0.0425. The van der Waals surface area contributed by atoms with Crippen molar-refractivity contribution in [3.8, 4) is 11.7 Å². The molecular weight excluding hydrogens is 363 g/mol. The Labute approximate surface area is 162 Å². The van der Waals surface area contributed by atoms with E-state index < -0.39 is 6.29 Å². The SMILES string of the molecule is CN(C)CCc1cnn(-c2cc(C(O)O)ccn2)c1OCc1ccc(F)cc1. The van der Waals surface area contributed by atoms with E-state index in [0.29, 0.717) is 23.7 Å². The van der Waals surface area contributed by atoms with Crippen molar-refractivity contribution >= 4 is 0 Å². The summed E-state index contributed by atoms with van der Waals surface area (Å²) >= 11 is 0. The van der Waals surface area contributed by atoms with Gasteiger partial charge in [0, 0.05) is 23.9 Å². The Morgan fingerprint density at radius 3 is 2.61 bits per heavy atom. The molecule has 0 aliphatic carbocycles. The zero-order chi connectivity index (χ0) is 20.1. The van der Waals surface area contributed by atoms with Crippen LogP contribution < -0.4 is 4.74 Å². The van der Waals surface area contributed by atoms with Crippen molar-refractivity contribution in [3.63, 3.8) is 0 Å². The van der Waals surface area contributed by atoms with E-state index in [0.717, 1.165) is 17.7 Å². The molecule has 7 nitrogen and oxygen atoms in total. The second-order valence-corrected chi connectivity index (χ2v) is 6.68. The quantitative estimate of drug-likeness (QED) is 0.577. The molecule has 0 saturated carbocycles. The van der Waals surface area contributed by atoms with Gasteiger partial charge in [-0.15, -0.1) is 0 Å². The molecule has 28 heavy (non-hydrogen) atoms. The van der Waals surface area contributed by atoms with E-state index >= 15 is 0 Å². The fraction of sp³-hybridized carbons (Fsp3) is 0.300. The molecule has 2 aromatic heterocycles. The Kier molecular flexibility index (Phi) is 6.35. The molecule has 1 aromatic carbocycles. The maximum Gasteiger partial charge on any atom is 0.221 e. The van der Waals surface area contributed by atoms with Crippen molar-refractivity contribution < 1.29 is 19.3 Å². The van der Waals surface area contributed by atoms with Crippen LogP contribution in [0.4, 0.5) is 4.39 Å². The lowest BCUT2D eigenvalue weighted by Crippen LogP contribution is -2.15. The highest BCUT2D eigenvalue weighted by Crippen LogP contribution is 2.25. The molecule has 0 aliphatic rings. The fourth-order valence-electron chi connectivity index (χ4n) is 2.65. The maximum atomic E-state index is 13.1. The fourth-order valence-corrected chi connectivity index (χ4v) is 2.65. The third-order valence-corrected chi connectivity index (χ3v) is 4.20. The van der Waals surface area contributed by atoms with Gasteiger partial charge in [0.25, 0.3) is 0 Å². The summed E-state index contributed by atoms with van der Waals surface area (Å²) in [5.74, 6) is 0.628. The minimum atomic E-state index is -1.60. The third-order valence-electron chi connectivity index (χ3n) is 4.20. The first-order valence-electron chi connectivity index (χ1n) is 8.85. The summed E-state index contributed by atoms with van der Waals surface area (Å²) in [5.41, 5.74) is 2.02. The highest BCUT2D eigenvalue weighted by molar-refractivity contribution is 5.36. The van der Waals surface area contributed by atoms with Crippen LogP contribution in [0.25, 0.3) is 5.82 Å². The topological polar surface area (TPSA) is 83.6 Å². The Hall–Kier alpha value is -2.81. The first-order valence-corrected chi connectivity index (χ1v) is 8.85. The molecular formula is C20H23FN4O3. The van der Waals surface area contributed by atoms with E-state index in [1.807, 2.05) is 14.1 Å². The van der Waals surface area contributed by atoms with Crippen LogP contribution in [0.2, 0.25) is 0 Å².